The van der Waals surface area contributed by atoms with Gasteiger partial charge in [0.2, 0.25) is 5.91 Å². The molecule has 1 aromatic carbocycles. The van der Waals surface area contributed by atoms with E-state index in [9.17, 15) is 4.79 Å². The number of benzene rings is 1. The lowest BCUT2D eigenvalue weighted by atomic mass is 10.1. The molecule has 0 radical (unpaired) electrons. The van der Waals surface area contributed by atoms with Crippen molar-refractivity contribution in [3.63, 3.8) is 0 Å². The van der Waals surface area contributed by atoms with Crippen molar-refractivity contribution in [2.24, 2.45) is 5.92 Å². The highest BCUT2D eigenvalue weighted by Crippen LogP contribution is 2.15. The van der Waals surface area contributed by atoms with Crippen molar-refractivity contribution in [2.75, 3.05) is 6.54 Å². The van der Waals surface area contributed by atoms with Gasteiger partial charge in [-0.3, -0.25) is 4.79 Å². The highest BCUT2D eigenvalue weighted by atomic mass is 16.1. The van der Waals surface area contributed by atoms with Crippen LogP contribution in [0, 0.1) is 5.92 Å². The molecule has 0 aliphatic carbocycles. The summed E-state index contributed by atoms with van der Waals surface area (Å²) in [6.45, 7) is 5.11. The molecule has 0 fully saturated rings. The van der Waals surface area contributed by atoms with Gasteiger partial charge in [0.1, 0.15) is 0 Å². The first-order chi connectivity index (χ1) is 9.15. The van der Waals surface area contributed by atoms with Gasteiger partial charge in [-0.1, -0.05) is 26.0 Å². The molecule has 0 bridgehead atoms. The summed E-state index contributed by atoms with van der Waals surface area (Å²) in [6, 6.07) is 8.36. The minimum atomic E-state index is 0.146. The van der Waals surface area contributed by atoms with Crippen LogP contribution in [0.5, 0.6) is 0 Å². The second-order valence-electron chi connectivity index (χ2n) is 5.43. The van der Waals surface area contributed by atoms with Gasteiger partial charge in [0.25, 0.3) is 0 Å². The second-order valence-corrected chi connectivity index (χ2v) is 5.43. The summed E-state index contributed by atoms with van der Waals surface area (Å²) in [5.74, 6) is 0.780. The number of carbonyl (C=O) groups is 1. The number of carbonyl (C=O) groups excluding carboxylic acids is 1. The molecule has 2 N–H and O–H groups in total. The number of aromatic nitrogens is 1. The molecule has 0 aliphatic rings. The Bertz CT molecular complexity index is 542. The lowest BCUT2D eigenvalue weighted by Crippen LogP contribution is -2.25. The molecular weight excluding hydrogens is 236 g/mol. The number of amides is 1. The zero-order valence-electron chi connectivity index (χ0n) is 11.7. The maximum Gasteiger partial charge on any atom is 0.220 e. The molecule has 1 heterocycles. The number of rotatable bonds is 6. The van der Waals surface area contributed by atoms with E-state index in [2.05, 4.69) is 48.4 Å². The molecule has 3 heteroatoms. The first-order valence-corrected chi connectivity index (χ1v) is 6.98. The van der Waals surface area contributed by atoms with Crippen LogP contribution in [0.1, 0.15) is 32.3 Å². The third-order valence-electron chi connectivity index (χ3n) is 3.30. The average molecular weight is 258 g/mol. The summed E-state index contributed by atoms with van der Waals surface area (Å²) in [4.78, 5) is 14.9. The van der Waals surface area contributed by atoms with Crippen LogP contribution in [-0.4, -0.2) is 17.4 Å². The van der Waals surface area contributed by atoms with E-state index in [1.54, 1.807) is 0 Å². The minimum absolute atomic E-state index is 0.146. The molecule has 0 spiro atoms. The molecule has 3 nitrogen and oxygen atoms in total. The maximum atomic E-state index is 11.7. The van der Waals surface area contributed by atoms with Crippen LogP contribution in [-0.2, 0) is 11.2 Å². The number of H-pyrrole nitrogens is 1. The van der Waals surface area contributed by atoms with Gasteiger partial charge in [0, 0.05) is 24.7 Å². The monoisotopic (exact) mass is 258 g/mol. The quantitative estimate of drug-likeness (QED) is 0.820. The van der Waals surface area contributed by atoms with Gasteiger partial charge in [-0.15, -0.1) is 0 Å². The van der Waals surface area contributed by atoms with E-state index in [0.29, 0.717) is 12.3 Å². The van der Waals surface area contributed by atoms with Gasteiger partial charge in [0.15, 0.2) is 0 Å². The fourth-order valence-electron chi connectivity index (χ4n) is 2.10. The number of fused-ring (bicyclic) bond motifs is 1. The zero-order valence-corrected chi connectivity index (χ0v) is 11.7. The van der Waals surface area contributed by atoms with Crippen molar-refractivity contribution in [3.05, 3.63) is 36.0 Å². The standard InChI is InChI=1S/C16H22N2O/c1-12(2)7-9-18-16(19)6-4-13-3-5-14-8-10-17-15(14)11-13/h3,5,8,10-12,17H,4,6-7,9H2,1-2H3,(H,18,19). The van der Waals surface area contributed by atoms with Crippen molar-refractivity contribution in [2.45, 2.75) is 33.1 Å². The number of aromatic amines is 1. The summed E-state index contributed by atoms with van der Waals surface area (Å²) in [6.07, 6.45) is 4.33. The molecule has 0 saturated heterocycles. The van der Waals surface area contributed by atoms with Gasteiger partial charge in [-0.2, -0.15) is 0 Å². The molecular formula is C16H22N2O. The number of hydrogen-bond donors (Lipinski definition) is 2. The van der Waals surface area contributed by atoms with Gasteiger partial charge < -0.3 is 10.3 Å². The summed E-state index contributed by atoms with van der Waals surface area (Å²) in [5, 5.41) is 4.18. The normalized spacial score (nSPS) is 11.1. The van der Waals surface area contributed by atoms with Crippen molar-refractivity contribution in [3.8, 4) is 0 Å². The van der Waals surface area contributed by atoms with E-state index < -0.39 is 0 Å². The zero-order chi connectivity index (χ0) is 13.7. The van der Waals surface area contributed by atoms with Crippen LogP contribution >= 0.6 is 0 Å². The predicted octanol–water partition coefficient (Wildman–Crippen LogP) is 3.26. The van der Waals surface area contributed by atoms with Crippen LogP contribution < -0.4 is 5.32 Å². The Kier molecular flexibility index (Phi) is 4.61. The Balaban J connectivity index is 1.79. The van der Waals surface area contributed by atoms with Crippen molar-refractivity contribution >= 4 is 16.8 Å². The average Bonchev–Trinajstić information content (AvgIpc) is 2.83. The van der Waals surface area contributed by atoms with Gasteiger partial charge in [0.05, 0.1) is 0 Å². The molecule has 0 saturated carbocycles. The molecule has 102 valence electrons. The van der Waals surface area contributed by atoms with Crippen LogP contribution in [0.2, 0.25) is 0 Å². The van der Waals surface area contributed by atoms with E-state index in [-0.39, 0.29) is 5.91 Å². The third kappa shape index (κ3) is 4.12. The SMILES string of the molecule is CC(C)CCNC(=O)CCc1ccc2cc[nH]c2c1. The van der Waals surface area contributed by atoms with Gasteiger partial charge in [-0.25, -0.2) is 0 Å². The summed E-state index contributed by atoms with van der Waals surface area (Å²) in [7, 11) is 0. The van der Waals surface area contributed by atoms with Crippen LogP contribution in [0.15, 0.2) is 30.5 Å². The second kappa shape index (κ2) is 6.41. The summed E-state index contributed by atoms with van der Waals surface area (Å²) in [5.41, 5.74) is 2.34. The fraction of sp³-hybridized carbons (Fsp3) is 0.438. The lowest BCUT2D eigenvalue weighted by Gasteiger charge is -2.07. The van der Waals surface area contributed by atoms with Gasteiger partial charge >= 0.3 is 0 Å². The van der Waals surface area contributed by atoms with Crippen LogP contribution in [0.4, 0.5) is 0 Å². The van der Waals surface area contributed by atoms with E-state index >= 15 is 0 Å². The molecule has 19 heavy (non-hydrogen) atoms. The smallest absolute Gasteiger partial charge is 0.220 e. The predicted molar refractivity (Wildman–Crippen MR) is 79.1 cm³/mol. The van der Waals surface area contributed by atoms with Crippen LogP contribution in [0.3, 0.4) is 0 Å². The number of nitrogens with one attached hydrogen (secondary N) is 2. The summed E-state index contributed by atoms with van der Waals surface area (Å²) >= 11 is 0. The number of hydrogen-bond acceptors (Lipinski definition) is 1. The van der Waals surface area contributed by atoms with E-state index in [1.165, 1.54) is 10.9 Å². The first-order valence-electron chi connectivity index (χ1n) is 6.98. The molecule has 2 rings (SSSR count). The van der Waals surface area contributed by atoms with E-state index in [0.717, 1.165) is 24.9 Å². The summed E-state index contributed by atoms with van der Waals surface area (Å²) < 4.78 is 0. The Morgan fingerprint density at radius 2 is 2.16 bits per heavy atom. The van der Waals surface area contributed by atoms with E-state index in [1.807, 2.05) is 6.20 Å². The molecule has 0 aliphatic heterocycles. The lowest BCUT2D eigenvalue weighted by molar-refractivity contribution is -0.121. The first kappa shape index (κ1) is 13.7. The van der Waals surface area contributed by atoms with Crippen LogP contribution in [0.25, 0.3) is 10.9 Å². The Morgan fingerprint density at radius 3 is 2.95 bits per heavy atom. The highest BCUT2D eigenvalue weighted by molar-refractivity contribution is 5.80. The fourth-order valence-corrected chi connectivity index (χ4v) is 2.10. The molecule has 1 amide bonds. The molecule has 2 aromatic rings. The van der Waals surface area contributed by atoms with E-state index in [4.69, 9.17) is 0 Å². The Morgan fingerprint density at radius 1 is 1.32 bits per heavy atom. The van der Waals surface area contributed by atoms with Gasteiger partial charge in [-0.05, 0) is 41.8 Å². The largest absolute Gasteiger partial charge is 0.361 e. The molecule has 0 unspecified atom stereocenters. The molecule has 0 atom stereocenters. The minimum Gasteiger partial charge on any atom is -0.361 e. The molecule has 1 aromatic heterocycles. The van der Waals surface area contributed by atoms with Crippen molar-refractivity contribution < 1.29 is 4.79 Å². The Hall–Kier alpha value is -1.77. The Labute approximate surface area is 114 Å². The van der Waals surface area contributed by atoms with Crippen molar-refractivity contribution in [1.82, 2.24) is 10.3 Å². The van der Waals surface area contributed by atoms with Crippen molar-refractivity contribution in [1.29, 1.82) is 0 Å². The topological polar surface area (TPSA) is 44.9 Å². The maximum absolute atomic E-state index is 11.7. The number of aryl methyl sites for hydroxylation is 1. The third-order valence-corrected chi connectivity index (χ3v) is 3.30. The highest BCUT2D eigenvalue weighted by Gasteiger charge is 2.03.